The van der Waals surface area contributed by atoms with Crippen molar-refractivity contribution in [1.82, 2.24) is 15.3 Å². The second kappa shape index (κ2) is 7.58. The van der Waals surface area contributed by atoms with Gasteiger partial charge in [-0.05, 0) is 36.4 Å². The molecule has 2 saturated heterocycles. The number of aromatic nitrogens is 2. The number of anilines is 1. The van der Waals surface area contributed by atoms with Crippen LogP contribution < -0.4 is 10.2 Å². The topological polar surface area (TPSA) is 97.6 Å². The Labute approximate surface area is 176 Å². The van der Waals surface area contributed by atoms with Crippen molar-refractivity contribution in [3.8, 4) is 11.1 Å². The number of thioether (sulfide) groups is 1. The number of carbonyl (C=O) groups is 2. The number of morpholine rings is 1. The Balaban J connectivity index is 1.51. The fourth-order valence-electron chi connectivity index (χ4n) is 3.63. The van der Waals surface area contributed by atoms with E-state index in [1.807, 2.05) is 13.1 Å². The van der Waals surface area contributed by atoms with Crippen molar-refractivity contribution in [2.45, 2.75) is 6.92 Å². The number of imide groups is 1. The van der Waals surface area contributed by atoms with Gasteiger partial charge in [0.1, 0.15) is 17.2 Å². The third-order valence-electron chi connectivity index (χ3n) is 5.03. The zero-order valence-corrected chi connectivity index (χ0v) is 17.0. The third-order valence-corrected chi connectivity index (χ3v) is 5.84. The molecule has 3 aromatic heterocycles. The SMILES string of the molecule is Cc1cc(-c2cncc3cc(/C=C4\SC(=O)NC4=O)oc23)cnc1N1CCOCC1. The predicted octanol–water partition coefficient (Wildman–Crippen LogP) is 3.36. The maximum Gasteiger partial charge on any atom is 0.290 e. The number of hydrogen-bond acceptors (Lipinski definition) is 8. The molecule has 5 heterocycles. The second-order valence-electron chi connectivity index (χ2n) is 7.07. The van der Waals surface area contributed by atoms with Gasteiger partial charge in [0.15, 0.2) is 0 Å². The molecule has 0 aromatic carbocycles. The van der Waals surface area contributed by atoms with Crippen molar-refractivity contribution in [1.29, 1.82) is 0 Å². The molecule has 5 rings (SSSR count). The zero-order valence-electron chi connectivity index (χ0n) is 16.2. The predicted molar refractivity (Wildman–Crippen MR) is 114 cm³/mol. The van der Waals surface area contributed by atoms with E-state index in [4.69, 9.17) is 9.15 Å². The van der Waals surface area contributed by atoms with Gasteiger partial charge in [-0.15, -0.1) is 0 Å². The Kier molecular flexibility index (Phi) is 4.76. The molecule has 1 N–H and O–H groups in total. The number of nitrogens with one attached hydrogen (secondary N) is 1. The lowest BCUT2D eigenvalue weighted by atomic mass is 10.1. The minimum atomic E-state index is -0.415. The molecule has 0 aliphatic carbocycles. The van der Waals surface area contributed by atoms with Crippen LogP contribution in [0.1, 0.15) is 11.3 Å². The highest BCUT2D eigenvalue weighted by Gasteiger charge is 2.25. The fraction of sp³-hybridized carbons (Fsp3) is 0.238. The summed E-state index contributed by atoms with van der Waals surface area (Å²) >= 11 is 0.858. The lowest BCUT2D eigenvalue weighted by Gasteiger charge is -2.29. The van der Waals surface area contributed by atoms with Crippen molar-refractivity contribution in [2.75, 3.05) is 31.2 Å². The summed E-state index contributed by atoms with van der Waals surface area (Å²) in [5.74, 6) is 1.03. The van der Waals surface area contributed by atoms with Gasteiger partial charge in [-0.1, -0.05) is 0 Å². The summed E-state index contributed by atoms with van der Waals surface area (Å²) in [7, 11) is 0. The number of amides is 2. The highest BCUT2D eigenvalue weighted by Crippen LogP contribution is 2.34. The lowest BCUT2D eigenvalue weighted by molar-refractivity contribution is -0.115. The molecule has 0 bridgehead atoms. The molecule has 2 aliphatic heterocycles. The van der Waals surface area contributed by atoms with E-state index in [-0.39, 0.29) is 5.24 Å². The normalized spacial score (nSPS) is 18.4. The van der Waals surface area contributed by atoms with Crippen molar-refractivity contribution >= 4 is 45.8 Å². The quantitative estimate of drug-likeness (QED) is 0.642. The van der Waals surface area contributed by atoms with Crippen molar-refractivity contribution < 1.29 is 18.7 Å². The minimum Gasteiger partial charge on any atom is -0.456 e. The van der Waals surface area contributed by atoms with Gasteiger partial charge in [0.25, 0.3) is 11.1 Å². The van der Waals surface area contributed by atoms with Crippen LogP contribution in [0.25, 0.3) is 28.2 Å². The molecule has 2 amide bonds. The first kappa shape index (κ1) is 18.8. The number of ether oxygens (including phenoxy) is 1. The van der Waals surface area contributed by atoms with E-state index in [1.54, 1.807) is 24.5 Å². The number of carbonyl (C=O) groups excluding carboxylic acids is 2. The van der Waals surface area contributed by atoms with Gasteiger partial charge >= 0.3 is 0 Å². The van der Waals surface area contributed by atoms with Gasteiger partial charge in [0.05, 0.1) is 18.1 Å². The first-order chi connectivity index (χ1) is 14.6. The molecule has 2 aliphatic rings. The van der Waals surface area contributed by atoms with Crippen LogP contribution >= 0.6 is 11.8 Å². The van der Waals surface area contributed by atoms with Gasteiger partial charge in [0.2, 0.25) is 0 Å². The molecule has 3 aromatic rings. The van der Waals surface area contributed by atoms with Crippen LogP contribution in [0.3, 0.4) is 0 Å². The van der Waals surface area contributed by atoms with Crippen LogP contribution in [-0.2, 0) is 9.53 Å². The fourth-order valence-corrected chi connectivity index (χ4v) is 4.29. The van der Waals surface area contributed by atoms with Crippen LogP contribution in [0, 0.1) is 6.92 Å². The maximum absolute atomic E-state index is 11.8. The van der Waals surface area contributed by atoms with Gasteiger partial charge < -0.3 is 14.1 Å². The maximum atomic E-state index is 11.8. The summed E-state index contributed by atoms with van der Waals surface area (Å²) in [6, 6.07) is 3.88. The number of fused-ring (bicyclic) bond motifs is 1. The molecule has 0 atom stereocenters. The molecule has 30 heavy (non-hydrogen) atoms. The minimum absolute atomic E-state index is 0.306. The Morgan fingerprint density at radius 1 is 1.17 bits per heavy atom. The average molecular weight is 422 g/mol. The van der Waals surface area contributed by atoms with E-state index in [1.165, 1.54) is 0 Å². The molecule has 0 unspecified atom stereocenters. The van der Waals surface area contributed by atoms with E-state index < -0.39 is 5.91 Å². The van der Waals surface area contributed by atoms with E-state index >= 15 is 0 Å². The van der Waals surface area contributed by atoms with Crippen LogP contribution in [0.4, 0.5) is 10.6 Å². The molecule has 2 fully saturated rings. The smallest absolute Gasteiger partial charge is 0.290 e. The van der Waals surface area contributed by atoms with Crippen LogP contribution in [0.2, 0.25) is 0 Å². The van der Waals surface area contributed by atoms with Gasteiger partial charge in [-0.3, -0.25) is 19.9 Å². The molecule has 152 valence electrons. The lowest BCUT2D eigenvalue weighted by Crippen LogP contribution is -2.37. The Hall–Kier alpha value is -3.17. The summed E-state index contributed by atoms with van der Waals surface area (Å²) in [6.07, 6.45) is 6.85. The van der Waals surface area contributed by atoms with Crippen molar-refractivity contribution in [3.05, 3.63) is 47.0 Å². The van der Waals surface area contributed by atoms with E-state index in [2.05, 4.69) is 26.3 Å². The first-order valence-electron chi connectivity index (χ1n) is 9.50. The Bertz CT molecular complexity index is 1200. The second-order valence-corrected chi connectivity index (χ2v) is 8.09. The summed E-state index contributed by atoms with van der Waals surface area (Å²) in [5.41, 5.74) is 3.45. The third kappa shape index (κ3) is 3.46. The van der Waals surface area contributed by atoms with Crippen molar-refractivity contribution in [3.63, 3.8) is 0 Å². The largest absolute Gasteiger partial charge is 0.456 e. The zero-order chi connectivity index (χ0) is 20.7. The van der Waals surface area contributed by atoms with E-state index in [9.17, 15) is 9.59 Å². The molecular weight excluding hydrogens is 404 g/mol. The molecule has 8 nitrogen and oxygen atoms in total. The number of nitrogens with zero attached hydrogens (tertiary/aromatic N) is 3. The van der Waals surface area contributed by atoms with Crippen LogP contribution in [0.5, 0.6) is 0 Å². The monoisotopic (exact) mass is 422 g/mol. The number of aryl methyl sites for hydroxylation is 1. The first-order valence-corrected chi connectivity index (χ1v) is 10.3. The molecule has 9 heteroatoms. The number of pyridine rings is 2. The number of hydrogen-bond donors (Lipinski definition) is 1. The van der Waals surface area contributed by atoms with E-state index in [0.717, 1.165) is 52.7 Å². The molecule has 0 radical (unpaired) electrons. The average Bonchev–Trinajstić information content (AvgIpc) is 3.30. The van der Waals surface area contributed by atoms with Crippen LogP contribution in [0.15, 0.2) is 40.0 Å². The number of rotatable bonds is 3. The Morgan fingerprint density at radius 3 is 2.73 bits per heavy atom. The molecule has 0 spiro atoms. The molecule has 0 saturated carbocycles. The summed E-state index contributed by atoms with van der Waals surface area (Å²) < 4.78 is 11.4. The highest BCUT2D eigenvalue weighted by molar-refractivity contribution is 8.18. The molecular formula is C21H18N4O4S. The van der Waals surface area contributed by atoms with Gasteiger partial charge in [0, 0.05) is 54.3 Å². The van der Waals surface area contributed by atoms with Gasteiger partial charge in [-0.25, -0.2) is 4.98 Å². The van der Waals surface area contributed by atoms with E-state index in [0.29, 0.717) is 29.5 Å². The van der Waals surface area contributed by atoms with Crippen LogP contribution in [-0.4, -0.2) is 47.4 Å². The highest BCUT2D eigenvalue weighted by atomic mass is 32.2. The van der Waals surface area contributed by atoms with Gasteiger partial charge in [-0.2, -0.15) is 0 Å². The summed E-state index contributed by atoms with van der Waals surface area (Å²) in [5, 5.41) is 2.67. The number of furan rings is 1. The summed E-state index contributed by atoms with van der Waals surface area (Å²) in [4.78, 5) is 34.7. The summed E-state index contributed by atoms with van der Waals surface area (Å²) in [6.45, 7) is 5.11. The Morgan fingerprint density at radius 2 is 2.00 bits per heavy atom. The standard InChI is InChI=1S/C21H18N4O4S/c1-12-6-13(10-23-19(12)25-2-4-28-5-3-25)16-11-22-9-14-7-15(29-18(14)16)8-17-20(26)24-21(27)30-17/h6-11H,2-5H2,1H3,(H,24,26,27)/b17-8-. The van der Waals surface area contributed by atoms with Crippen molar-refractivity contribution in [2.24, 2.45) is 0 Å².